The van der Waals surface area contributed by atoms with Crippen molar-refractivity contribution in [2.24, 2.45) is 11.7 Å². The lowest BCUT2D eigenvalue weighted by Gasteiger charge is -2.28. The fraction of sp³-hybridized carbons (Fsp3) is 0.400. The van der Waals surface area contributed by atoms with Crippen LogP contribution in [0.2, 0.25) is 5.02 Å². The van der Waals surface area contributed by atoms with Gasteiger partial charge in [0, 0.05) is 10.0 Å². The van der Waals surface area contributed by atoms with Crippen molar-refractivity contribution in [1.82, 2.24) is 0 Å². The van der Waals surface area contributed by atoms with Crippen molar-refractivity contribution >= 4 is 27.5 Å². The second kappa shape index (κ2) is 5.69. The van der Waals surface area contributed by atoms with Crippen LogP contribution in [0.4, 0.5) is 30.7 Å². The number of rotatable bonds is 2. The predicted molar refractivity (Wildman–Crippen MR) is 61.6 cm³/mol. The Hall–Kier alpha value is -0.540. The molecule has 1 aromatic rings. The lowest BCUT2D eigenvalue weighted by Crippen LogP contribution is -2.44. The van der Waals surface area contributed by atoms with Gasteiger partial charge in [-0.2, -0.15) is 26.3 Å². The number of hydrogen-bond donors (Lipinski definition) is 1. The first-order valence-corrected chi connectivity index (χ1v) is 6.07. The van der Waals surface area contributed by atoms with Gasteiger partial charge in [-0.1, -0.05) is 17.7 Å². The number of nitrogens with two attached hydrogens (primary N) is 1. The van der Waals surface area contributed by atoms with Gasteiger partial charge in [-0.15, -0.1) is 0 Å². The maximum Gasteiger partial charge on any atom is 0.402 e. The van der Waals surface area contributed by atoms with Crippen LogP contribution in [0.5, 0.6) is 0 Å². The van der Waals surface area contributed by atoms with Crippen LogP contribution in [0.15, 0.2) is 16.6 Å². The van der Waals surface area contributed by atoms with E-state index in [0.29, 0.717) is 0 Å². The molecule has 0 bridgehead atoms. The van der Waals surface area contributed by atoms with Crippen LogP contribution in [0.3, 0.4) is 0 Å². The second-order valence-electron chi connectivity index (χ2n) is 3.85. The molecule has 0 saturated carbocycles. The third kappa shape index (κ3) is 3.56. The highest BCUT2D eigenvalue weighted by Crippen LogP contribution is 2.46. The van der Waals surface area contributed by atoms with Crippen molar-refractivity contribution in [3.63, 3.8) is 0 Å². The Morgan fingerprint density at radius 2 is 1.50 bits per heavy atom. The lowest BCUT2D eigenvalue weighted by atomic mass is 9.92. The summed E-state index contributed by atoms with van der Waals surface area (Å²) in [4.78, 5) is 0. The molecule has 0 aromatic heterocycles. The third-order valence-corrected chi connectivity index (χ3v) is 3.75. The zero-order chi connectivity index (χ0) is 15.9. The molecule has 0 amide bonds. The largest absolute Gasteiger partial charge is 0.402 e. The molecular weight excluding hydrogens is 382 g/mol. The molecule has 1 aromatic carbocycles. The number of halogens is 9. The van der Waals surface area contributed by atoms with E-state index in [1.54, 1.807) is 0 Å². The zero-order valence-electron chi connectivity index (χ0n) is 9.29. The van der Waals surface area contributed by atoms with Crippen molar-refractivity contribution in [1.29, 1.82) is 0 Å². The van der Waals surface area contributed by atoms with Crippen LogP contribution in [0.25, 0.3) is 0 Å². The van der Waals surface area contributed by atoms with Gasteiger partial charge < -0.3 is 5.73 Å². The van der Waals surface area contributed by atoms with Gasteiger partial charge in [0.2, 0.25) is 0 Å². The Kier molecular flexibility index (Phi) is 4.98. The van der Waals surface area contributed by atoms with Gasteiger partial charge in [0.1, 0.15) is 5.82 Å². The van der Waals surface area contributed by atoms with E-state index in [0.717, 1.165) is 12.1 Å². The molecule has 1 atom stereocenters. The molecule has 0 heterocycles. The molecule has 0 aliphatic rings. The van der Waals surface area contributed by atoms with Gasteiger partial charge in [0.05, 0.1) is 11.1 Å². The van der Waals surface area contributed by atoms with Gasteiger partial charge in [-0.25, -0.2) is 4.39 Å². The van der Waals surface area contributed by atoms with Crippen LogP contribution in [-0.2, 0) is 0 Å². The second-order valence-corrected chi connectivity index (χ2v) is 5.08. The van der Waals surface area contributed by atoms with Gasteiger partial charge >= 0.3 is 12.4 Å². The van der Waals surface area contributed by atoms with Crippen molar-refractivity contribution in [2.45, 2.75) is 18.4 Å². The molecule has 0 radical (unpaired) electrons. The molecule has 0 fully saturated rings. The Morgan fingerprint density at radius 3 is 1.90 bits per heavy atom. The molecule has 1 nitrogen and oxygen atoms in total. The molecule has 0 spiro atoms. The summed E-state index contributed by atoms with van der Waals surface area (Å²) in [6, 6.07) is -0.911. The molecule has 0 saturated heterocycles. The fourth-order valence-corrected chi connectivity index (χ4v) is 2.05. The predicted octanol–water partition coefficient (Wildman–Crippen LogP) is 4.98. The Balaban J connectivity index is 3.34. The first kappa shape index (κ1) is 17.5. The maximum absolute atomic E-state index is 13.7. The summed E-state index contributed by atoms with van der Waals surface area (Å²) < 4.78 is 88.7. The molecule has 1 rings (SSSR count). The maximum atomic E-state index is 13.7. The normalized spacial score (nSPS) is 14.8. The quantitative estimate of drug-likeness (QED) is 0.561. The van der Waals surface area contributed by atoms with E-state index < -0.39 is 40.7 Å². The Bertz CT molecular complexity index is 486. The first-order chi connectivity index (χ1) is 8.87. The van der Waals surface area contributed by atoms with Crippen molar-refractivity contribution in [2.75, 3.05) is 0 Å². The van der Waals surface area contributed by atoms with Gasteiger partial charge in [0.15, 0.2) is 5.92 Å². The topological polar surface area (TPSA) is 26.0 Å². The van der Waals surface area contributed by atoms with E-state index in [1.807, 2.05) is 0 Å². The molecule has 114 valence electrons. The van der Waals surface area contributed by atoms with Crippen LogP contribution >= 0.6 is 27.5 Å². The van der Waals surface area contributed by atoms with Crippen molar-refractivity contribution in [3.05, 3.63) is 33.0 Å². The minimum Gasteiger partial charge on any atom is -0.323 e. The summed E-state index contributed by atoms with van der Waals surface area (Å²) in [7, 11) is 0. The van der Waals surface area contributed by atoms with E-state index in [1.165, 1.54) is 0 Å². The smallest absolute Gasteiger partial charge is 0.323 e. The van der Waals surface area contributed by atoms with E-state index in [9.17, 15) is 30.7 Å². The molecule has 20 heavy (non-hydrogen) atoms. The van der Waals surface area contributed by atoms with Gasteiger partial charge in [0.25, 0.3) is 0 Å². The molecule has 1 unspecified atom stereocenters. The minimum absolute atomic E-state index is 0.0109. The van der Waals surface area contributed by atoms with Crippen molar-refractivity contribution in [3.8, 4) is 0 Å². The molecule has 0 aliphatic carbocycles. The van der Waals surface area contributed by atoms with E-state index >= 15 is 0 Å². The fourth-order valence-electron chi connectivity index (χ4n) is 1.57. The Labute approximate surface area is 122 Å². The third-order valence-electron chi connectivity index (χ3n) is 2.49. The minimum atomic E-state index is -5.66. The summed E-state index contributed by atoms with van der Waals surface area (Å²) in [5, 5.41) is -0.638. The van der Waals surface area contributed by atoms with E-state index in [-0.39, 0.29) is 4.47 Å². The highest BCUT2D eigenvalue weighted by Gasteiger charge is 2.60. The lowest BCUT2D eigenvalue weighted by molar-refractivity contribution is -0.290. The van der Waals surface area contributed by atoms with Crippen LogP contribution in [-0.4, -0.2) is 12.4 Å². The number of hydrogen-bond acceptors (Lipinski definition) is 1. The van der Waals surface area contributed by atoms with Crippen LogP contribution < -0.4 is 5.73 Å². The standard InChI is InChI=1S/C10H6BrClF7N/c11-4-2-1-3(6(13)5(4)12)7(20)8(9(14,15)16)10(17,18)19/h1-2,7-8H,20H2. The monoisotopic (exact) mass is 387 g/mol. The van der Waals surface area contributed by atoms with Crippen molar-refractivity contribution < 1.29 is 30.7 Å². The zero-order valence-corrected chi connectivity index (χ0v) is 11.6. The van der Waals surface area contributed by atoms with E-state index in [4.69, 9.17) is 17.3 Å². The van der Waals surface area contributed by atoms with Crippen LogP contribution in [0.1, 0.15) is 11.6 Å². The van der Waals surface area contributed by atoms with Gasteiger partial charge in [-0.3, -0.25) is 0 Å². The number of benzene rings is 1. The summed E-state index contributed by atoms with van der Waals surface area (Å²) >= 11 is 8.21. The molecule has 2 N–H and O–H groups in total. The molecular formula is C10H6BrClF7N. The highest BCUT2D eigenvalue weighted by atomic mass is 79.9. The summed E-state index contributed by atoms with van der Waals surface area (Å²) in [6.45, 7) is 0. The summed E-state index contributed by atoms with van der Waals surface area (Å²) in [5.41, 5.74) is 4.02. The summed E-state index contributed by atoms with van der Waals surface area (Å²) in [5.74, 6) is -5.31. The molecule has 0 aliphatic heterocycles. The SMILES string of the molecule is NC(c1ccc(Br)c(Cl)c1F)C(C(F)(F)F)C(F)(F)F. The van der Waals surface area contributed by atoms with Gasteiger partial charge in [-0.05, 0) is 22.0 Å². The molecule has 10 heteroatoms. The first-order valence-electron chi connectivity index (χ1n) is 4.89. The summed E-state index contributed by atoms with van der Waals surface area (Å²) in [6.07, 6.45) is -11.3. The average Bonchev–Trinajstić information content (AvgIpc) is 2.21. The Morgan fingerprint density at radius 1 is 1.05 bits per heavy atom. The number of alkyl halides is 6. The highest BCUT2D eigenvalue weighted by molar-refractivity contribution is 9.10. The van der Waals surface area contributed by atoms with Crippen LogP contribution in [0, 0.1) is 11.7 Å². The van der Waals surface area contributed by atoms with E-state index in [2.05, 4.69) is 15.9 Å². The average molecular weight is 389 g/mol.